The fraction of sp³-hybridized carbons (Fsp3) is 0. The summed E-state index contributed by atoms with van der Waals surface area (Å²) in [5, 5.41) is 9.33. The first-order valence-electron chi connectivity index (χ1n) is 4.56. The molecule has 17 heavy (non-hydrogen) atoms. The van der Waals surface area contributed by atoms with Crippen molar-refractivity contribution in [2.75, 3.05) is 4.72 Å². The smallest absolute Gasteiger partial charge is 0.269 e. The van der Waals surface area contributed by atoms with Crippen LogP contribution in [-0.4, -0.2) is 18.2 Å². The molecule has 6 nitrogen and oxygen atoms in total. The van der Waals surface area contributed by atoms with E-state index in [0.717, 1.165) is 0 Å². The number of rotatable bonds is 3. The molecule has 8 heteroatoms. The van der Waals surface area contributed by atoms with E-state index < -0.39 is 10.2 Å². The van der Waals surface area contributed by atoms with E-state index in [0.29, 0.717) is 10.7 Å². The van der Waals surface area contributed by atoms with E-state index in [1.54, 1.807) is 30.6 Å². The Bertz CT molecular complexity index is 624. The number of aromatic nitrogens is 2. The van der Waals surface area contributed by atoms with Gasteiger partial charge in [-0.25, -0.2) is 9.82 Å². The average molecular weight is 273 g/mol. The molecule has 0 saturated heterocycles. The van der Waals surface area contributed by atoms with Crippen LogP contribution < -0.4 is 9.86 Å². The van der Waals surface area contributed by atoms with Crippen LogP contribution >= 0.6 is 11.6 Å². The second kappa shape index (κ2) is 4.36. The molecule has 0 saturated carbocycles. The van der Waals surface area contributed by atoms with Crippen molar-refractivity contribution < 1.29 is 8.42 Å². The number of nitrogens with two attached hydrogens (primary N) is 1. The lowest BCUT2D eigenvalue weighted by Gasteiger charge is -2.10. The fourth-order valence-corrected chi connectivity index (χ4v) is 2.00. The van der Waals surface area contributed by atoms with E-state index in [2.05, 4.69) is 9.82 Å². The van der Waals surface area contributed by atoms with Gasteiger partial charge in [-0.3, -0.25) is 4.72 Å². The molecule has 0 aliphatic heterocycles. The quantitative estimate of drug-likeness (QED) is 0.878. The van der Waals surface area contributed by atoms with Gasteiger partial charge in [0.25, 0.3) is 10.2 Å². The molecule has 0 amide bonds. The maximum absolute atomic E-state index is 11.0. The third-order valence-electron chi connectivity index (χ3n) is 1.96. The first-order chi connectivity index (χ1) is 7.96. The van der Waals surface area contributed by atoms with Crippen LogP contribution in [0.15, 0.2) is 36.7 Å². The molecule has 1 aromatic carbocycles. The van der Waals surface area contributed by atoms with Gasteiger partial charge in [0.15, 0.2) is 0 Å². The van der Waals surface area contributed by atoms with Crippen LogP contribution in [0.25, 0.3) is 5.69 Å². The molecule has 90 valence electrons. The van der Waals surface area contributed by atoms with Crippen LogP contribution in [0.1, 0.15) is 0 Å². The Morgan fingerprint density at radius 3 is 2.76 bits per heavy atom. The Hall–Kier alpha value is -1.57. The number of hydrogen-bond donors (Lipinski definition) is 2. The summed E-state index contributed by atoms with van der Waals surface area (Å²) in [5.41, 5.74) is 0.803. The van der Waals surface area contributed by atoms with Gasteiger partial charge < -0.3 is 0 Å². The summed E-state index contributed by atoms with van der Waals surface area (Å²) >= 11 is 5.80. The van der Waals surface area contributed by atoms with Crippen LogP contribution in [0.5, 0.6) is 0 Å². The van der Waals surface area contributed by atoms with Crippen molar-refractivity contribution in [1.29, 1.82) is 0 Å². The maximum atomic E-state index is 11.0. The standard InChI is InChI=1S/C9H9ClN4O2S/c10-7-2-3-9(14-5-1-4-12-14)8(6-7)13-17(11,15)16/h1-6,13H,(H2,11,15,16). The monoisotopic (exact) mass is 272 g/mol. The predicted molar refractivity (Wildman–Crippen MR) is 65.3 cm³/mol. The van der Waals surface area contributed by atoms with Crippen LogP contribution in [0.2, 0.25) is 5.02 Å². The van der Waals surface area contributed by atoms with E-state index in [1.165, 1.54) is 10.7 Å². The van der Waals surface area contributed by atoms with Crippen molar-refractivity contribution >= 4 is 27.5 Å². The van der Waals surface area contributed by atoms with Crippen LogP contribution in [0.3, 0.4) is 0 Å². The molecule has 3 N–H and O–H groups in total. The summed E-state index contributed by atoms with van der Waals surface area (Å²) in [5.74, 6) is 0. The van der Waals surface area contributed by atoms with E-state index >= 15 is 0 Å². The molecule has 1 heterocycles. The lowest BCUT2D eigenvalue weighted by atomic mass is 10.3. The van der Waals surface area contributed by atoms with E-state index in [-0.39, 0.29) is 5.69 Å². The van der Waals surface area contributed by atoms with Crippen molar-refractivity contribution in [3.8, 4) is 5.69 Å². The van der Waals surface area contributed by atoms with Gasteiger partial charge in [-0.15, -0.1) is 0 Å². The molecule has 0 fully saturated rings. The highest BCUT2D eigenvalue weighted by molar-refractivity contribution is 7.90. The Morgan fingerprint density at radius 2 is 2.18 bits per heavy atom. The number of benzene rings is 1. The third-order valence-corrected chi connectivity index (χ3v) is 2.70. The summed E-state index contributed by atoms with van der Waals surface area (Å²) < 4.78 is 25.7. The normalized spacial score (nSPS) is 11.4. The highest BCUT2D eigenvalue weighted by Crippen LogP contribution is 2.24. The van der Waals surface area contributed by atoms with E-state index in [1.807, 2.05) is 0 Å². The Morgan fingerprint density at radius 1 is 1.41 bits per heavy atom. The highest BCUT2D eigenvalue weighted by atomic mass is 35.5. The van der Waals surface area contributed by atoms with Gasteiger partial charge in [0.05, 0.1) is 11.4 Å². The number of halogens is 1. The third kappa shape index (κ3) is 2.96. The average Bonchev–Trinajstić information content (AvgIpc) is 2.68. The lowest BCUT2D eigenvalue weighted by molar-refractivity contribution is 0.603. The van der Waals surface area contributed by atoms with Gasteiger partial charge in [0.2, 0.25) is 0 Å². The van der Waals surface area contributed by atoms with Gasteiger partial charge in [0.1, 0.15) is 0 Å². The predicted octanol–water partition coefficient (Wildman–Crippen LogP) is 1.14. The number of nitrogens with zero attached hydrogens (tertiary/aromatic N) is 2. The highest BCUT2D eigenvalue weighted by Gasteiger charge is 2.10. The molecule has 2 rings (SSSR count). The zero-order valence-corrected chi connectivity index (χ0v) is 10.1. The van der Waals surface area contributed by atoms with Gasteiger partial charge in [-0.05, 0) is 24.3 Å². The molecule has 0 aliphatic rings. The first kappa shape index (κ1) is 11.9. The van der Waals surface area contributed by atoms with Gasteiger partial charge in [0, 0.05) is 17.4 Å². The number of hydrogen-bond acceptors (Lipinski definition) is 3. The second-order valence-corrected chi connectivity index (χ2v) is 4.99. The van der Waals surface area contributed by atoms with Crippen LogP contribution in [0, 0.1) is 0 Å². The molecule has 0 bridgehead atoms. The van der Waals surface area contributed by atoms with E-state index in [9.17, 15) is 8.42 Å². The topological polar surface area (TPSA) is 90.0 Å². The van der Waals surface area contributed by atoms with Crippen LogP contribution in [-0.2, 0) is 10.2 Å². The van der Waals surface area contributed by atoms with E-state index in [4.69, 9.17) is 16.7 Å². The van der Waals surface area contributed by atoms with Gasteiger partial charge in [-0.1, -0.05) is 11.6 Å². The molecule has 0 radical (unpaired) electrons. The van der Waals surface area contributed by atoms with Crippen molar-refractivity contribution in [2.45, 2.75) is 0 Å². The van der Waals surface area contributed by atoms with Crippen molar-refractivity contribution in [3.63, 3.8) is 0 Å². The molecule has 0 aliphatic carbocycles. The SMILES string of the molecule is NS(=O)(=O)Nc1cc(Cl)ccc1-n1cccn1. The summed E-state index contributed by atoms with van der Waals surface area (Å²) in [4.78, 5) is 0. The minimum absolute atomic E-state index is 0.267. The molecule has 0 atom stereocenters. The lowest BCUT2D eigenvalue weighted by Crippen LogP contribution is -2.22. The Kier molecular flexibility index (Phi) is 3.05. The largest absolute Gasteiger partial charge is 0.296 e. The van der Waals surface area contributed by atoms with Crippen molar-refractivity contribution in [3.05, 3.63) is 41.7 Å². The fourth-order valence-electron chi connectivity index (χ4n) is 1.35. The molecule has 0 unspecified atom stereocenters. The van der Waals surface area contributed by atoms with Crippen molar-refractivity contribution in [1.82, 2.24) is 9.78 Å². The maximum Gasteiger partial charge on any atom is 0.296 e. The number of nitrogens with one attached hydrogen (secondary N) is 1. The Balaban J connectivity index is 2.52. The molecule has 1 aromatic heterocycles. The summed E-state index contributed by atoms with van der Waals surface area (Å²) in [6.45, 7) is 0. The summed E-state index contributed by atoms with van der Waals surface area (Å²) in [7, 11) is -3.86. The summed E-state index contributed by atoms with van der Waals surface area (Å²) in [6, 6.07) is 6.45. The van der Waals surface area contributed by atoms with Gasteiger partial charge >= 0.3 is 0 Å². The van der Waals surface area contributed by atoms with Crippen LogP contribution in [0.4, 0.5) is 5.69 Å². The zero-order valence-electron chi connectivity index (χ0n) is 8.54. The molecular weight excluding hydrogens is 264 g/mol. The minimum Gasteiger partial charge on any atom is -0.269 e. The Labute approximate surface area is 103 Å². The first-order valence-corrected chi connectivity index (χ1v) is 6.48. The molecular formula is C9H9ClN4O2S. The van der Waals surface area contributed by atoms with Crippen molar-refractivity contribution in [2.24, 2.45) is 5.14 Å². The zero-order chi connectivity index (χ0) is 12.5. The second-order valence-electron chi connectivity index (χ2n) is 3.26. The molecule has 2 aromatic rings. The summed E-state index contributed by atoms with van der Waals surface area (Å²) in [6.07, 6.45) is 3.26. The number of anilines is 1. The molecule has 0 spiro atoms. The minimum atomic E-state index is -3.86. The van der Waals surface area contributed by atoms with Gasteiger partial charge in [-0.2, -0.15) is 13.5 Å².